The van der Waals surface area contributed by atoms with Gasteiger partial charge in [-0.1, -0.05) is 6.07 Å². The average molecular weight is 407 g/mol. The second-order valence-corrected chi connectivity index (χ2v) is 9.92. The number of ether oxygens (including phenoxy) is 2. The summed E-state index contributed by atoms with van der Waals surface area (Å²) in [6, 6.07) is 6.29. The first-order valence-electron chi connectivity index (χ1n) is 9.96. The van der Waals surface area contributed by atoms with Gasteiger partial charge in [0.25, 0.3) is 0 Å². The molecule has 2 N–H and O–H groups in total. The molecule has 1 spiro atoms. The third kappa shape index (κ3) is 3.37. The molecule has 2 aliphatic heterocycles. The van der Waals surface area contributed by atoms with Crippen molar-refractivity contribution in [2.75, 3.05) is 33.6 Å². The highest BCUT2D eigenvalue weighted by Crippen LogP contribution is 2.55. The zero-order chi connectivity index (χ0) is 19.9. The normalized spacial score (nSPS) is 35.1. The van der Waals surface area contributed by atoms with Crippen molar-refractivity contribution < 1.29 is 19.4 Å². The molecule has 6 nitrogen and oxygen atoms in total. The highest BCUT2D eigenvalue weighted by molar-refractivity contribution is 8.01. The fourth-order valence-corrected chi connectivity index (χ4v) is 6.91. The molecule has 1 aromatic carbocycles. The second kappa shape index (κ2) is 7.43. The van der Waals surface area contributed by atoms with E-state index in [0.717, 1.165) is 43.7 Å². The molecule has 3 fully saturated rings. The minimum atomic E-state index is -0.730. The molecule has 0 bridgehead atoms. The van der Waals surface area contributed by atoms with E-state index in [4.69, 9.17) is 9.47 Å². The van der Waals surface area contributed by atoms with Gasteiger partial charge < -0.3 is 19.5 Å². The molecule has 0 radical (unpaired) electrons. The van der Waals surface area contributed by atoms with Crippen LogP contribution in [0.1, 0.15) is 31.2 Å². The molecule has 7 heteroatoms. The van der Waals surface area contributed by atoms with Crippen LogP contribution >= 0.6 is 11.8 Å². The summed E-state index contributed by atoms with van der Waals surface area (Å²) in [6.07, 6.45) is 5.35. The molecule has 4 rings (SSSR count). The summed E-state index contributed by atoms with van der Waals surface area (Å²) in [5.41, 5.74) is 1.52. The number of hydrogen-bond acceptors (Lipinski definition) is 6. The van der Waals surface area contributed by atoms with E-state index in [1.165, 1.54) is 12.0 Å². The van der Waals surface area contributed by atoms with Crippen molar-refractivity contribution in [2.45, 2.75) is 49.1 Å². The number of rotatable bonds is 5. The first-order valence-corrected chi connectivity index (χ1v) is 10.9. The van der Waals surface area contributed by atoms with Crippen molar-refractivity contribution in [1.82, 2.24) is 10.2 Å². The van der Waals surface area contributed by atoms with Gasteiger partial charge in [0.15, 0.2) is 11.5 Å². The van der Waals surface area contributed by atoms with Crippen LogP contribution in [0.15, 0.2) is 18.2 Å². The Morgan fingerprint density at radius 1 is 1.29 bits per heavy atom. The number of thioether (sulfide) groups is 1. The first-order chi connectivity index (χ1) is 13.4. The molecule has 0 amide bonds. The summed E-state index contributed by atoms with van der Waals surface area (Å²) >= 11 is 1.81. The number of aliphatic carboxylic acids is 1. The third-order valence-electron chi connectivity index (χ3n) is 7.02. The van der Waals surface area contributed by atoms with Crippen LogP contribution in [-0.2, 0) is 11.2 Å². The molecule has 1 saturated carbocycles. The average Bonchev–Trinajstić information content (AvgIpc) is 3.25. The van der Waals surface area contributed by atoms with Gasteiger partial charge in [0.1, 0.15) is 6.04 Å². The Labute approximate surface area is 171 Å². The minimum absolute atomic E-state index is 0.0899. The van der Waals surface area contributed by atoms with Crippen LogP contribution in [-0.4, -0.2) is 66.5 Å². The predicted molar refractivity (Wildman–Crippen MR) is 110 cm³/mol. The van der Waals surface area contributed by atoms with Crippen LogP contribution in [0, 0.1) is 5.41 Å². The van der Waals surface area contributed by atoms with Crippen LogP contribution in [0.5, 0.6) is 11.5 Å². The van der Waals surface area contributed by atoms with Crippen molar-refractivity contribution in [1.29, 1.82) is 0 Å². The monoisotopic (exact) mass is 406 g/mol. The number of fused-ring (bicyclic) bond motifs is 1. The summed E-state index contributed by atoms with van der Waals surface area (Å²) in [5, 5.41) is 12.8. The second-order valence-electron chi connectivity index (χ2n) is 8.52. The number of nitrogens with zero attached hydrogens (tertiary/aromatic N) is 1. The molecular formula is C21H30N2O4S. The first kappa shape index (κ1) is 19.9. The predicted octanol–water partition coefficient (Wildman–Crippen LogP) is 2.61. The smallest absolute Gasteiger partial charge is 0.321 e. The molecule has 2 unspecified atom stereocenters. The van der Waals surface area contributed by atoms with Crippen LogP contribution in [0.2, 0.25) is 0 Å². The Morgan fingerprint density at radius 3 is 2.75 bits per heavy atom. The van der Waals surface area contributed by atoms with Crippen molar-refractivity contribution >= 4 is 17.7 Å². The van der Waals surface area contributed by atoms with E-state index in [9.17, 15) is 9.90 Å². The summed E-state index contributed by atoms with van der Waals surface area (Å²) in [7, 11) is 5.56. The third-order valence-corrected chi connectivity index (χ3v) is 8.56. The van der Waals surface area contributed by atoms with E-state index in [1.807, 2.05) is 17.8 Å². The van der Waals surface area contributed by atoms with E-state index >= 15 is 0 Å². The van der Waals surface area contributed by atoms with Gasteiger partial charge in [0, 0.05) is 11.8 Å². The highest BCUT2D eigenvalue weighted by atomic mass is 32.2. The number of carboxylic acid groups (broad SMARTS) is 1. The lowest BCUT2D eigenvalue weighted by Gasteiger charge is -2.48. The molecule has 2 saturated heterocycles. The van der Waals surface area contributed by atoms with Gasteiger partial charge in [-0.05, 0) is 68.8 Å². The summed E-state index contributed by atoms with van der Waals surface area (Å²) in [6.45, 7) is 1.10. The summed E-state index contributed by atoms with van der Waals surface area (Å²) < 4.78 is 10.9. The molecule has 1 aliphatic carbocycles. The molecule has 3 aliphatic rings. The molecule has 2 heterocycles. The van der Waals surface area contributed by atoms with E-state index in [1.54, 1.807) is 14.2 Å². The van der Waals surface area contributed by atoms with E-state index in [0.29, 0.717) is 11.8 Å². The minimum Gasteiger partial charge on any atom is -0.493 e. The number of likely N-dealkylation sites (tertiary alicyclic amines) is 1. The molecule has 28 heavy (non-hydrogen) atoms. The van der Waals surface area contributed by atoms with Gasteiger partial charge in [0.05, 0.1) is 19.1 Å². The number of carbonyl (C=O) groups is 1. The zero-order valence-electron chi connectivity index (χ0n) is 16.9. The Hall–Kier alpha value is -1.44. The van der Waals surface area contributed by atoms with E-state index in [-0.39, 0.29) is 10.3 Å². The van der Waals surface area contributed by atoms with Crippen LogP contribution in [0.25, 0.3) is 0 Å². The van der Waals surface area contributed by atoms with E-state index in [2.05, 4.69) is 29.4 Å². The van der Waals surface area contributed by atoms with Crippen molar-refractivity contribution in [3.63, 3.8) is 0 Å². The number of nitrogens with one attached hydrogen (secondary N) is 1. The topological polar surface area (TPSA) is 71.0 Å². The van der Waals surface area contributed by atoms with Gasteiger partial charge in [0.2, 0.25) is 0 Å². The lowest BCUT2D eigenvalue weighted by atomic mass is 9.65. The summed E-state index contributed by atoms with van der Waals surface area (Å²) in [4.78, 5) is 13.8. The maximum absolute atomic E-state index is 11.4. The number of methoxy groups -OCH3 is 2. The van der Waals surface area contributed by atoms with Gasteiger partial charge in [-0.3, -0.25) is 10.1 Å². The largest absolute Gasteiger partial charge is 0.493 e. The molecule has 1 aromatic rings. The van der Waals surface area contributed by atoms with Crippen LogP contribution in [0.4, 0.5) is 0 Å². The molecule has 154 valence electrons. The van der Waals surface area contributed by atoms with Gasteiger partial charge >= 0.3 is 5.97 Å². The highest BCUT2D eigenvalue weighted by Gasteiger charge is 2.56. The van der Waals surface area contributed by atoms with Gasteiger partial charge in [-0.2, -0.15) is 0 Å². The maximum Gasteiger partial charge on any atom is 0.321 e. The molecular weight excluding hydrogens is 376 g/mol. The van der Waals surface area contributed by atoms with Crippen molar-refractivity contribution in [2.24, 2.45) is 5.41 Å². The van der Waals surface area contributed by atoms with Crippen molar-refractivity contribution in [3.05, 3.63) is 23.8 Å². The Bertz CT molecular complexity index is 760. The van der Waals surface area contributed by atoms with Gasteiger partial charge in [-0.15, -0.1) is 11.8 Å². The Kier molecular flexibility index (Phi) is 5.27. The lowest BCUT2D eigenvalue weighted by molar-refractivity contribution is -0.139. The fourth-order valence-electron chi connectivity index (χ4n) is 5.45. The van der Waals surface area contributed by atoms with Crippen LogP contribution in [0.3, 0.4) is 0 Å². The van der Waals surface area contributed by atoms with Crippen LogP contribution < -0.4 is 14.8 Å². The summed E-state index contributed by atoms with van der Waals surface area (Å²) in [5.74, 6) is 1.47. The Morgan fingerprint density at radius 2 is 2.07 bits per heavy atom. The van der Waals surface area contributed by atoms with E-state index < -0.39 is 12.0 Å². The molecule has 0 aromatic heterocycles. The maximum atomic E-state index is 11.4. The quantitative estimate of drug-likeness (QED) is 0.779. The zero-order valence-corrected chi connectivity index (χ0v) is 17.7. The molecule has 4 atom stereocenters. The SMILES string of the molecule is COc1ccc(C[C@]23CCN(C)[C@H]2CC2(CC3)NC(C(=O)O)CS2)cc1OC. The standard InChI is InChI=1S/C21H30N2O4S/c1-23-9-8-20(11-14-4-5-16(26-2)17(10-14)27-3)6-7-21(12-18(20)23)22-15(13-28-21)19(24)25/h4-5,10,15,18,22H,6-9,11-13H2,1-3H3,(H,24,25)/t15?,18-,20-,21?/m0/s1. The fraction of sp³-hybridized carbons (Fsp3) is 0.667. The number of carboxylic acids is 1. The lowest BCUT2D eigenvalue weighted by Crippen LogP contribution is -2.55. The Balaban J connectivity index is 1.55. The number of hydrogen-bond donors (Lipinski definition) is 2. The van der Waals surface area contributed by atoms with Crippen molar-refractivity contribution in [3.8, 4) is 11.5 Å². The number of benzene rings is 1. The van der Waals surface area contributed by atoms with Gasteiger partial charge in [-0.25, -0.2) is 0 Å².